The van der Waals surface area contributed by atoms with Crippen molar-refractivity contribution >= 4 is 15.9 Å². The van der Waals surface area contributed by atoms with E-state index in [1.807, 2.05) is 0 Å². The van der Waals surface area contributed by atoms with Crippen LogP contribution in [0.5, 0.6) is 0 Å². The normalized spacial score (nSPS) is 10.7. The van der Waals surface area contributed by atoms with E-state index in [1.165, 1.54) is 16.7 Å². The van der Waals surface area contributed by atoms with Crippen LogP contribution < -0.4 is 5.56 Å². The van der Waals surface area contributed by atoms with Crippen molar-refractivity contribution < 1.29 is 8.78 Å². The minimum atomic E-state index is -0.648. The van der Waals surface area contributed by atoms with Crippen LogP contribution in [0.4, 0.5) is 8.78 Å². The summed E-state index contributed by atoms with van der Waals surface area (Å²) in [5.41, 5.74) is 0.802. The van der Waals surface area contributed by atoms with Crippen LogP contribution >= 0.6 is 15.9 Å². The lowest BCUT2D eigenvalue weighted by Gasteiger charge is -2.08. The number of benzene rings is 1. The first kappa shape index (κ1) is 13.0. The van der Waals surface area contributed by atoms with E-state index in [0.29, 0.717) is 11.1 Å². The second-order valence-corrected chi connectivity index (χ2v) is 4.97. The second-order valence-electron chi connectivity index (χ2n) is 4.05. The summed E-state index contributed by atoms with van der Waals surface area (Å²) in [5, 5.41) is 0. The summed E-state index contributed by atoms with van der Waals surface area (Å²) >= 11 is 3.28. The predicted molar refractivity (Wildman–Crippen MR) is 68.6 cm³/mol. The largest absolute Gasteiger partial charge is 0.310 e. The standard InChI is InChI=1S/C13H10BrF2NO/c1-8-2-10(14)7-17(13(8)18)6-9-3-11(15)5-12(16)4-9/h2-5,7H,6H2,1H3. The fourth-order valence-electron chi connectivity index (χ4n) is 1.76. The topological polar surface area (TPSA) is 22.0 Å². The number of aromatic nitrogens is 1. The smallest absolute Gasteiger partial charge is 0.253 e. The number of aryl methyl sites for hydroxylation is 1. The fraction of sp³-hybridized carbons (Fsp3) is 0.154. The molecule has 0 atom stereocenters. The average molecular weight is 314 g/mol. The number of halogens is 3. The van der Waals surface area contributed by atoms with Gasteiger partial charge in [0, 0.05) is 22.3 Å². The first-order valence-electron chi connectivity index (χ1n) is 5.27. The Morgan fingerprint density at radius 1 is 1.17 bits per heavy atom. The molecule has 0 aliphatic heterocycles. The molecule has 0 aliphatic rings. The fourth-order valence-corrected chi connectivity index (χ4v) is 2.35. The summed E-state index contributed by atoms with van der Waals surface area (Å²) in [6, 6.07) is 4.93. The quantitative estimate of drug-likeness (QED) is 0.834. The molecular weight excluding hydrogens is 304 g/mol. The second kappa shape index (κ2) is 5.02. The number of nitrogens with zero attached hydrogens (tertiary/aromatic N) is 1. The Morgan fingerprint density at radius 3 is 2.39 bits per heavy atom. The third kappa shape index (κ3) is 2.85. The number of hydrogen-bond donors (Lipinski definition) is 0. The molecule has 0 fully saturated rings. The van der Waals surface area contributed by atoms with E-state index in [9.17, 15) is 13.6 Å². The molecule has 0 saturated heterocycles. The Morgan fingerprint density at radius 2 is 1.78 bits per heavy atom. The Balaban J connectivity index is 2.43. The average Bonchev–Trinajstić information content (AvgIpc) is 2.23. The molecule has 0 saturated carbocycles. The highest BCUT2D eigenvalue weighted by Gasteiger charge is 2.05. The van der Waals surface area contributed by atoms with Gasteiger partial charge in [-0.1, -0.05) is 0 Å². The summed E-state index contributed by atoms with van der Waals surface area (Å²) in [7, 11) is 0. The van der Waals surface area contributed by atoms with Crippen LogP contribution in [-0.4, -0.2) is 4.57 Å². The molecule has 1 heterocycles. The molecule has 0 bridgehead atoms. The molecule has 1 aromatic carbocycles. The van der Waals surface area contributed by atoms with Gasteiger partial charge in [-0.15, -0.1) is 0 Å². The van der Waals surface area contributed by atoms with Gasteiger partial charge in [-0.2, -0.15) is 0 Å². The Hall–Kier alpha value is -1.49. The molecule has 5 heteroatoms. The van der Waals surface area contributed by atoms with Crippen LogP contribution in [0.25, 0.3) is 0 Å². The summed E-state index contributed by atoms with van der Waals surface area (Å²) < 4.78 is 28.3. The van der Waals surface area contributed by atoms with Gasteiger partial charge in [-0.25, -0.2) is 8.78 Å². The van der Waals surface area contributed by atoms with Gasteiger partial charge in [-0.3, -0.25) is 4.79 Å². The molecule has 1 aromatic heterocycles. The molecule has 0 N–H and O–H groups in total. The van der Waals surface area contributed by atoms with Gasteiger partial charge < -0.3 is 4.57 Å². The molecule has 0 spiro atoms. The highest BCUT2D eigenvalue weighted by molar-refractivity contribution is 9.10. The van der Waals surface area contributed by atoms with Crippen LogP contribution in [0.15, 0.2) is 39.7 Å². The van der Waals surface area contributed by atoms with Gasteiger partial charge in [-0.05, 0) is 46.6 Å². The van der Waals surface area contributed by atoms with Crippen LogP contribution in [0.3, 0.4) is 0 Å². The zero-order valence-electron chi connectivity index (χ0n) is 9.58. The number of rotatable bonds is 2. The van der Waals surface area contributed by atoms with Crippen LogP contribution in [0.2, 0.25) is 0 Å². The van der Waals surface area contributed by atoms with Crippen molar-refractivity contribution in [3.63, 3.8) is 0 Å². The van der Waals surface area contributed by atoms with Gasteiger partial charge in [0.25, 0.3) is 5.56 Å². The Bertz CT molecular complexity index is 632. The van der Waals surface area contributed by atoms with Crippen molar-refractivity contribution in [3.8, 4) is 0 Å². The first-order chi connectivity index (χ1) is 8.45. The lowest BCUT2D eigenvalue weighted by atomic mass is 10.2. The van der Waals surface area contributed by atoms with Gasteiger partial charge in [0.1, 0.15) is 11.6 Å². The van der Waals surface area contributed by atoms with E-state index in [2.05, 4.69) is 15.9 Å². The SMILES string of the molecule is Cc1cc(Br)cn(Cc2cc(F)cc(F)c2)c1=O. The monoisotopic (exact) mass is 313 g/mol. The highest BCUT2D eigenvalue weighted by Crippen LogP contribution is 2.12. The van der Waals surface area contributed by atoms with Gasteiger partial charge >= 0.3 is 0 Å². The molecule has 0 unspecified atom stereocenters. The molecule has 0 aliphatic carbocycles. The molecule has 18 heavy (non-hydrogen) atoms. The minimum absolute atomic E-state index is 0.133. The number of hydrogen-bond acceptors (Lipinski definition) is 1. The van der Waals surface area contributed by atoms with E-state index in [1.54, 1.807) is 19.2 Å². The van der Waals surface area contributed by atoms with Crippen molar-refractivity contribution in [1.82, 2.24) is 4.57 Å². The first-order valence-corrected chi connectivity index (χ1v) is 6.06. The third-order valence-corrected chi connectivity index (χ3v) is 2.94. The molecule has 94 valence electrons. The third-order valence-electron chi connectivity index (χ3n) is 2.51. The summed E-state index contributed by atoms with van der Waals surface area (Å²) in [6.45, 7) is 1.82. The van der Waals surface area contributed by atoms with E-state index in [4.69, 9.17) is 0 Å². The molecule has 0 amide bonds. The van der Waals surface area contributed by atoms with Crippen molar-refractivity contribution in [1.29, 1.82) is 0 Å². The zero-order valence-corrected chi connectivity index (χ0v) is 11.2. The molecule has 2 nitrogen and oxygen atoms in total. The molecule has 2 rings (SSSR count). The highest BCUT2D eigenvalue weighted by atomic mass is 79.9. The maximum Gasteiger partial charge on any atom is 0.253 e. The number of pyridine rings is 1. The van der Waals surface area contributed by atoms with Crippen LogP contribution in [0, 0.1) is 18.6 Å². The van der Waals surface area contributed by atoms with E-state index < -0.39 is 11.6 Å². The lowest BCUT2D eigenvalue weighted by Crippen LogP contribution is -2.22. The predicted octanol–water partition coefficient (Wildman–Crippen LogP) is 3.25. The lowest BCUT2D eigenvalue weighted by molar-refractivity contribution is 0.576. The summed E-state index contributed by atoms with van der Waals surface area (Å²) in [6.07, 6.45) is 1.60. The van der Waals surface area contributed by atoms with Crippen molar-refractivity contribution in [2.75, 3.05) is 0 Å². The maximum atomic E-state index is 13.1. The Labute approximate surface area is 111 Å². The molecule has 0 radical (unpaired) electrons. The van der Waals surface area contributed by atoms with Crippen molar-refractivity contribution in [2.45, 2.75) is 13.5 Å². The maximum absolute atomic E-state index is 13.1. The van der Waals surface area contributed by atoms with Crippen molar-refractivity contribution in [3.05, 3.63) is 68.1 Å². The van der Waals surface area contributed by atoms with Crippen LogP contribution in [-0.2, 0) is 6.54 Å². The summed E-state index contributed by atoms with van der Waals surface area (Å²) in [4.78, 5) is 11.8. The van der Waals surface area contributed by atoms with E-state index >= 15 is 0 Å². The molecular formula is C13H10BrF2NO. The van der Waals surface area contributed by atoms with Gasteiger partial charge in [0.15, 0.2) is 0 Å². The Kier molecular flexibility index (Phi) is 3.61. The minimum Gasteiger partial charge on any atom is -0.310 e. The van der Waals surface area contributed by atoms with E-state index in [-0.39, 0.29) is 12.1 Å². The van der Waals surface area contributed by atoms with Gasteiger partial charge in [0.2, 0.25) is 0 Å². The summed E-state index contributed by atoms with van der Waals surface area (Å²) in [5.74, 6) is -1.30. The van der Waals surface area contributed by atoms with E-state index in [0.717, 1.165) is 10.5 Å². The zero-order chi connectivity index (χ0) is 13.3. The van der Waals surface area contributed by atoms with Crippen LogP contribution in [0.1, 0.15) is 11.1 Å². The van der Waals surface area contributed by atoms with Gasteiger partial charge in [0.05, 0.1) is 6.54 Å². The van der Waals surface area contributed by atoms with Crippen molar-refractivity contribution in [2.24, 2.45) is 0 Å². The molecule has 2 aromatic rings.